The molecule has 1 aromatic rings. The third-order valence-electron chi connectivity index (χ3n) is 2.75. The van der Waals surface area contributed by atoms with Gasteiger partial charge in [-0.2, -0.15) is 0 Å². The van der Waals surface area contributed by atoms with Gasteiger partial charge >= 0.3 is 0 Å². The molecule has 0 aromatic heterocycles. The number of rotatable bonds is 8. The van der Waals surface area contributed by atoms with E-state index in [2.05, 4.69) is 24.2 Å². The molecule has 0 amide bonds. The van der Waals surface area contributed by atoms with Gasteiger partial charge in [-0.1, -0.05) is 26.0 Å². The van der Waals surface area contributed by atoms with Crippen molar-refractivity contribution in [3.05, 3.63) is 29.8 Å². The van der Waals surface area contributed by atoms with Crippen LogP contribution in [0.25, 0.3) is 0 Å². The fraction of sp³-hybridized carbons (Fsp3) is 0.562. The number of methoxy groups -OCH3 is 1. The monoisotopic (exact) mass is 293 g/mol. The highest BCUT2D eigenvalue weighted by molar-refractivity contribution is 5.78. The van der Waals surface area contributed by atoms with Crippen molar-refractivity contribution in [2.75, 3.05) is 20.3 Å². The largest absolute Gasteiger partial charge is 0.493 e. The first kappa shape index (κ1) is 17.3. The van der Waals surface area contributed by atoms with Crippen molar-refractivity contribution in [3.8, 4) is 5.75 Å². The highest BCUT2D eigenvalue weighted by atomic mass is 16.5. The molecule has 0 saturated heterocycles. The number of aliphatic imine (C=N–C) groups is 1. The molecule has 0 radical (unpaired) electrons. The molecule has 1 atom stereocenters. The molecule has 118 valence electrons. The number of nitrogens with two attached hydrogens (primary N) is 1. The topological polar surface area (TPSA) is 68.9 Å². The Labute approximate surface area is 127 Å². The number of nitrogens with zero attached hydrogens (tertiary/aromatic N) is 1. The highest BCUT2D eigenvalue weighted by Gasteiger charge is 2.02. The third-order valence-corrected chi connectivity index (χ3v) is 2.75. The lowest BCUT2D eigenvalue weighted by molar-refractivity contribution is 0.179. The van der Waals surface area contributed by atoms with Crippen molar-refractivity contribution in [1.29, 1.82) is 0 Å². The quantitative estimate of drug-likeness (QED) is 0.569. The van der Waals surface area contributed by atoms with E-state index in [1.165, 1.54) is 0 Å². The van der Waals surface area contributed by atoms with Crippen LogP contribution in [0.3, 0.4) is 0 Å². The van der Waals surface area contributed by atoms with E-state index >= 15 is 0 Å². The summed E-state index contributed by atoms with van der Waals surface area (Å²) in [5, 5.41) is 3.07. The van der Waals surface area contributed by atoms with Crippen LogP contribution in [0, 0.1) is 5.92 Å². The van der Waals surface area contributed by atoms with E-state index in [0.29, 0.717) is 25.0 Å². The Morgan fingerprint density at radius 3 is 2.43 bits per heavy atom. The Balaban J connectivity index is 2.44. The maximum Gasteiger partial charge on any atom is 0.189 e. The van der Waals surface area contributed by atoms with Gasteiger partial charge in [0.05, 0.1) is 19.8 Å². The Morgan fingerprint density at radius 2 is 1.86 bits per heavy atom. The predicted molar refractivity (Wildman–Crippen MR) is 86.6 cm³/mol. The van der Waals surface area contributed by atoms with Gasteiger partial charge in [-0.05, 0) is 30.5 Å². The second-order valence-electron chi connectivity index (χ2n) is 5.55. The van der Waals surface area contributed by atoms with Crippen LogP contribution in [-0.4, -0.2) is 32.3 Å². The Hall–Kier alpha value is -1.75. The van der Waals surface area contributed by atoms with E-state index in [1.807, 2.05) is 31.2 Å². The number of guanidine groups is 1. The summed E-state index contributed by atoms with van der Waals surface area (Å²) < 4.78 is 10.7. The van der Waals surface area contributed by atoms with E-state index in [-0.39, 0.29) is 6.04 Å². The van der Waals surface area contributed by atoms with Gasteiger partial charge in [0.1, 0.15) is 5.75 Å². The van der Waals surface area contributed by atoms with E-state index in [4.69, 9.17) is 15.2 Å². The van der Waals surface area contributed by atoms with Crippen LogP contribution in [0.1, 0.15) is 26.3 Å². The summed E-state index contributed by atoms with van der Waals surface area (Å²) in [5.74, 6) is 1.84. The maximum atomic E-state index is 5.82. The molecule has 3 N–H and O–H groups in total. The molecule has 0 aliphatic carbocycles. The lowest BCUT2D eigenvalue weighted by Gasteiger charge is -2.13. The fourth-order valence-electron chi connectivity index (χ4n) is 1.72. The molecule has 1 rings (SSSR count). The van der Waals surface area contributed by atoms with Crippen molar-refractivity contribution in [3.63, 3.8) is 0 Å². The van der Waals surface area contributed by atoms with Gasteiger partial charge in [0.25, 0.3) is 0 Å². The van der Waals surface area contributed by atoms with Crippen LogP contribution in [0.15, 0.2) is 29.3 Å². The van der Waals surface area contributed by atoms with Gasteiger partial charge in [-0.25, -0.2) is 4.99 Å². The molecule has 0 fully saturated rings. The SMILES string of the molecule is COCC(C)NC(N)=NCc1ccc(OCC(C)C)cc1. The zero-order valence-corrected chi connectivity index (χ0v) is 13.4. The van der Waals surface area contributed by atoms with Crippen LogP contribution in [0.2, 0.25) is 0 Å². The van der Waals surface area contributed by atoms with Crippen LogP contribution in [0.5, 0.6) is 5.75 Å². The number of benzene rings is 1. The molecule has 0 aliphatic heterocycles. The normalized spacial score (nSPS) is 13.3. The summed E-state index contributed by atoms with van der Waals surface area (Å²) >= 11 is 0. The number of nitrogens with one attached hydrogen (secondary N) is 1. The first-order valence-corrected chi connectivity index (χ1v) is 7.28. The molecule has 0 bridgehead atoms. The first-order chi connectivity index (χ1) is 10.0. The van der Waals surface area contributed by atoms with Gasteiger partial charge in [0, 0.05) is 13.2 Å². The van der Waals surface area contributed by atoms with Gasteiger partial charge in [-0.3, -0.25) is 0 Å². The first-order valence-electron chi connectivity index (χ1n) is 7.28. The Bertz CT molecular complexity index is 430. The molecule has 0 spiro atoms. The molecule has 5 nitrogen and oxygen atoms in total. The minimum atomic E-state index is 0.144. The standard InChI is InChI=1S/C16H27N3O2/c1-12(2)10-21-15-7-5-14(6-8-15)9-18-16(17)19-13(3)11-20-4/h5-8,12-13H,9-11H2,1-4H3,(H3,17,18,19). The van der Waals surface area contributed by atoms with Gasteiger partial charge < -0.3 is 20.5 Å². The van der Waals surface area contributed by atoms with Crippen LogP contribution >= 0.6 is 0 Å². The van der Waals surface area contributed by atoms with E-state index in [1.54, 1.807) is 7.11 Å². The molecular formula is C16H27N3O2. The fourth-order valence-corrected chi connectivity index (χ4v) is 1.72. The zero-order chi connectivity index (χ0) is 15.7. The molecule has 1 unspecified atom stereocenters. The summed E-state index contributed by atoms with van der Waals surface area (Å²) in [6.45, 7) is 8.12. The summed E-state index contributed by atoms with van der Waals surface area (Å²) in [7, 11) is 1.66. The van der Waals surface area contributed by atoms with Crippen LogP contribution in [-0.2, 0) is 11.3 Å². The molecule has 0 saturated carbocycles. The van der Waals surface area contributed by atoms with E-state index < -0.39 is 0 Å². The molecule has 0 heterocycles. The third kappa shape index (κ3) is 7.56. The average Bonchev–Trinajstić information content (AvgIpc) is 2.44. The lowest BCUT2D eigenvalue weighted by atomic mass is 10.2. The number of hydrogen-bond acceptors (Lipinski definition) is 3. The van der Waals surface area contributed by atoms with Crippen molar-refractivity contribution in [2.24, 2.45) is 16.6 Å². The number of ether oxygens (including phenoxy) is 2. The summed E-state index contributed by atoms with van der Waals surface area (Å²) in [6.07, 6.45) is 0. The minimum absolute atomic E-state index is 0.144. The van der Waals surface area contributed by atoms with Gasteiger partial charge in [0.2, 0.25) is 0 Å². The van der Waals surface area contributed by atoms with Crippen LogP contribution in [0.4, 0.5) is 0 Å². The second kappa shape index (κ2) is 9.23. The van der Waals surface area contributed by atoms with E-state index in [9.17, 15) is 0 Å². The molecule has 1 aromatic carbocycles. The highest BCUT2D eigenvalue weighted by Crippen LogP contribution is 2.13. The lowest BCUT2D eigenvalue weighted by Crippen LogP contribution is -2.40. The Kier molecular flexibility index (Phi) is 7.61. The zero-order valence-electron chi connectivity index (χ0n) is 13.4. The summed E-state index contributed by atoms with van der Waals surface area (Å²) in [4.78, 5) is 4.31. The molecule has 21 heavy (non-hydrogen) atoms. The number of hydrogen-bond donors (Lipinski definition) is 2. The molecule has 5 heteroatoms. The van der Waals surface area contributed by atoms with Crippen LogP contribution < -0.4 is 15.8 Å². The maximum absolute atomic E-state index is 5.82. The van der Waals surface area contributed by atoms with Gasteiger partial charge in [0.15, 0.2) is 5.96 Å². The van der Waals surface area contributed by atoms with Crippen molar-refractivity contribution < 1.29 is 9.47 Å². The smallest absolute Gasteiger partial charge is 0.189 e. The van der Waals surface area contributed by atoms with Gasteiger partial charge in [-0.15, -0.1) is 0 Å². The summed E-state index contributed by atoms with van der Waals surface area (Å²) in [5.41, 5.74) is 6.92. The molecular weight excluding hydrogens is 266 g/mol. The van der Waals surface area contributed by atoms with Crippen molar-refractivity contribution in [2.45, 2.75) is 33.4 Å². The predicted octanol–water partition coefficient (Wildman–Crippen LogP) is 2.16. The second-order valence-corrected chi connectivity index (χ2v) is 5.55. The van der Waals surface area contributed by atoms with Crippen molar-refractivity contribution >= 4 is 5.96 Å². The van der Waals surface area contributed by atoms with Crippen molar-refractivity contribution in [1.82, 2.24) is 5.32 Å². The minimum Gasteiger partial charge on any atom is -0.493 e. The Morgan fingerprint density at radius 1 is 1.19 bits per heavy atom. The molecule has 0 aliphatic rings. The average molecular weight is 293 g/mol. The van der Waals surface area contributed by atoms with E-state index in [0.717, 1.165) is 17.9 Å². The summed E-state index contributed by atoms with van der Waals surface area (Å²) in [6, 6.07) is 8.08.